The van der Waals surface area contributed by atoms with Gasteiger partial charge in [-0.2, -0.15) is 5.10 Å². The van der Waals surface area contributed by atoms with Crippen LogP contribution >= 0.6 is 11.6 Å². The number of hydrogen-bond acceptors (Lipinski definition) is 4. The lowest BCUT2D eigenvalue weighted by molar-refractivity contribution is 0.300. The third-order valence-electron chi connectivity index (χ3n) is 3.46. The molecule has 6 heteroatoms. The van der Waals surface area contributed by atoms with Crippen molar-refractivity contribution < 1.29 is 9.47 Å². The van der Waals surface area contributed by atoms with E-state index in [1.54, 1.807) is 4.68 Å². The average Bonchev–Trinajstić information content (AvgIpc) is 2.90. The summed E-state index contributed by atoms with van der Waals surface area (Å²) < 4.78 is 12.9. The number of aromatic nitrogens is 2. The van der Waals surface area contributed by atoms with Gasteiger partial charge in [-0.25, -0.2) is 0 Å². The number of halogens is 1. The molecule has 5 nitrogen and oxygen atoms in total. The average molecular weight is 294 g/mol. The lowest BCUT2D eigenvalue weighted by Gasteiger charge is -2.08. The molecule has 0 saturated heterocycles. The zero-order chi connectivity index (χ0) is 14.3. The Morgan fingerprint density at radius 1 is 1.55 bits per heavy atom. The van der Waals surface area contributed by atoms with Crippen LogP contribution < -0.4 is 15.2 Å². The Bertz CT molecular complexity index is 654. The van der Waals surface area contributed by atoms with E-state index in [0.717, 1.165) is 28.3 Å². The maximum atomic E-state index is 6.17. The zero-order valence-corrected chi connectivity index (χ0v) is 12.1. The summed E-state index contributed by atoms with van der Waals surface area (Å²) in [5.41, 5.74) is 8.70. The SMILES string of the molecule is Cc1nn(C)c(Cl)c1COc1ccc2c(c1)OCC2N. The van der Waals surface area contributed by atoms with Crippen LogP contribution in [0.3, 0.4) is 0 Å². The molecule has 2 heterocycles. The number of ether oxygens (including phenoxy) is 2. The first kappa shape index (κ1) is 13.3. The number of aryl methyl sites for hydroxylation is 2. The lowest BCUT2D eigenvalue weighted by Crippen LogP contribution is -2.10. The Balaban J connectivity index is 1.76. The third-order valence-corrected chi connectivity index (χ3v) is 3.93. The largest absolute Gasteiger partial charge is 0.491 e. The van der Waals surface area contributed by atoms with Gasteiger partial charge >= 0.3 is 0 Å². The molecular formula is C14H16ClN3O2. The van der Waals surface area contributed by atoms with Crippen LogP contribution in [0.2, 0.25) is 5.15 Å². The number of fused-ring (bicyclic) bond motifs is 1. The maximum Gasteiger partial charge on any atom is 0.133 e. The van der Waals surface area contributed by atoms with Gasteiger partial charge in [0.25, 0.3) is 0 Å². The summed E-state index contributed by atoms with van der Waals surface area (Å²) in [6, 6.07) is 5.66. The van der Waals surface area contributed by atoms with Gasteiger partial charge in [-0.15, -0.1) is 0 Å². The van der Waals surface area contributed by atoms with Gasteiger partial charge in [-0.3, -0.25) is 4.68 Å². The molecule has 1 aliphatic heterocycles. The molecule has 0 spiro atoms. The predicted octanol–water partition coefficient (Wildman–Crippen LogP) is 2.35. The van der Waals surface area contributed by atoms with Crippen molar-refractivity contribution in [1.29, 1.82) is 0 Å². The molecule has 0 fully saturated rings. The fourth-order valence-electron chi connectivity index (χ4n) is 2.30. The molecule has 106 valence electrons. The molecule has 1 atom stereocenters. The van der Waals surface area contributed by atoms with Crippen molar-refractivity contribution >= 4 is 11.6 Å². The Morgan fingerprint density at radius 2 is 2.35 bits per heavy atom. The highest BCUT2D eigenvalue weighted by molar-refractivity contribution is 6.30. The molecule has 20 heavy (non-hydrogen) atoms. The van der Waals surface area contributed by atoms with E-state index in [4.69, 9.17) is 26.8 Å². The molecule has 0 saturated carbocycles. The van der Waals surface area contributed by atoms with Gasteiger partial charge in [0.1, 0.15) is 29.9 Å². The van der Waals surface area contributed by atoms with Crippen LogP contribution in [0.1, 0.15) is 22.9 Å². The Kier molecular flexibility index (Phi) is 3.31. The summed E-state index contributed by atoms with van der Waals surface area (Å²) in [6.45, 7) is 2.81. The van der Waals surface area contributed by atoms with Gasteiger partial charge in [0, 0.05) is 24.2 Å². The number of hydrogen-bond donors (Lipinski definition) is 1. The van der Waals surface area contributed by atoms with Gasteiger partial charge < -0.3 is 15.2 Å². The molecule has 1 aromatic heterocycles. The fourth-order valence-corrected chi connectivity index (χ4v) is 2.53. The molecule has 1 aromatic carbocycles. The molecule has 0 aliphatic carbocycles. The van der Waals surface area contributed by atoms with E-state index in [1.165, 1.54) is 0 Å². The summed E-state index contributed by atoms with van der Waals surface area (Å²) in [7, 11) is 1.81. The summed E-state index contributed by atoms with van der Waals surface area (Å²) in [5.74, 6) is 1.53. The monoisotopic (exact) mass is 293 g/mol. The van der Waals surface area contributed by atoms with Crippen molar-refractivity contribution in [3.63, 3.8) is 0 Å². The van der Waals surface area contributed by atoms with Gasteiger partial charge in [-0.1, -0.05) is 11.6 Å². The van der Waals surface area contributed by atoms with Crippen LogP contribution in [-0.4, -0.2) is 16.4 Å². The van der Waals surface area contributed by atoms with Crippen LogP contribution in [0, 0.1) is 6.92 Å². The second-order valence-corrected chi connectivity index (χ2v) is 5.24. The third kappa shape index (κ3) is 2.23. The van der Waals surface area contributed by atoms with Crippen LogP contribution in [0.4, 0.5) is 0 Å². The molecule has 1 aliphatic rings. The normalized spacial score (nSPS) is 16.9. The van der Waals surface area contributed by atoms with Crippen molar-refractivity contribution in [2.45, 2.75) is 19.6 Å². The Labute approximate surface area is 122 Å². The number of nitrogens with zero attached hydrogens (tertiary/aromatic N) is 2. The van der Waals surface area contributed by atoms with E-state index >= 15 is 0 Å². The first-order valence-electron chi connectivity index (χ1n) is 6.39. The molecule has 0 radical (unpaired) electrons. The standard InChI is InChI=1S/C14H16ClN3O2/c1-8-11(14(15)18(2)17-8)6-19-9-3-4-10-12(16)7-20-13(10)5-9/h3-5,12H,6-7,16H2,1-2H3. The molecule has 0 amide bonds. The quantitative estimate of drug-likeness (QED) is 0.943. The van der Waals surface area contributed by atoms with Gasteiger partial charge in [-0.05, 0) is 19.1 Å². The summed E-state index contributed by atoms with van der Waals surface area (Å²) >= 11 is 6.17. The second-order valence-electron chi connectivity index (χ2n) is 4.88. The number of rotatable bonds is 3. The topological polar surface area (TPSA) is 62.3 Å². The van der Waals surface area contributed by atoms with Crippen molar-refractivity contribution in [3.05, 3.63) is 40.2 Å². The van der Waals surface area contributed by atoms with Crippen molar-refractivity contribution in [3.8, 4) is 11.5 Å². The van der Waals surface area contributed by atoms with E-state index < -0.39 is 0 Å². The fraction of sp³-hybridized carbons (Fsp3) is 0.357. The minimum atomic E-state index is -0.0472. The Hall–Kier alpha value is -1.72. The van der Waals surface area contributed by atoms with E-state index in [2.05, 4.69) is 5.10 Å². The molecule has 2 aromatic rings. The van der Waals surface area contributed by atoms with Crippen molar-refractivity contribution in [2.24, 2.45) is 12.8 Å². The van der Waals surface area contributed by atoms with Crippen molar-refractivity contribution in [1.82, 2.24) is 9.78 Å². The maximum absolute atomic E-state index is 6.17. The Morgan fingerprint density at radius 3 is 3.05 bits per heavy atom. The van der Waals surface area contributed by atoms with Crippen LogP contribution in [-0.2, 0) is 13.7 Å². The van der Waals surface area contributed by atoms with Crippen LogP contribution in [0.15, 0.2) is 18.2 Å². The van der Waals surface area contributed by atoms with Crippen LogP contribution in [0.5, 0.6) is 11.5 Å². The smallest absolute Gasteiger partial charge is 0.133 e. The van der Waals surface area contributed by atoms with E-state index in [1.807, 2.05) is 32.2 Å². The first-order chi connectivity index (χ1) is 9.56. The van der Waals surface area contributed by atoms with Crippen molar-refractivity contribution in [2.75, 3.05) is 6.61 Å². The first-order valence-corrected chi connectivity index (χ1v) is 6.77. The summed E-state index contributed by atoms with van der Waals surface area (Å²) in [5, 5.41) is 4.85. The summed E-state index contributed by atoms with van der Waals surface area (Å²) in [4.78, 5) is 0. The predicted molar refractivity (Wildman–Crippen MR) is 76.2 cm³/mol. The molecule has 0 bridgehead atoms. The molecule has 2 N–H and O–H groups in total. The number of benzene rings is 1. The highest BCUT2D eigenvalue weighted by atomic mass is 35.5. The van der Waals surface area contributed by atoms with E-state index in [-0.39, 0.29) is 6.04 Å². The molecular weight excluding hydrogens is 278 g/mol. The van der Waals surface area contributed by atoms with E-state index in [9.17, 15) is 0 Å². The molecule has 3 rings (SSSR count). The minimum Gasteiger partial charge on any atom is -0.491 e. The van der Waals surface area contributed by atoms with Gasteiger partial charge in [0.2, 0.25) is 0 Å². The van der Waals surface area contributed by atoms with E-state index in [0.29, 0.717) is 18.4 Å². The van der Waals surface area contributed by atoms with Crippen LogP contribution in [0.25, 0.3) is 0 Å². The van der Waals surface area contributed by atoms with Gasteiger partial charge in [0.05, 0.1) is 11.7 Å². The highest BCUT2D eigenvalue weighted by Gasteiger charge is 2.21. The lowest BCUT2D eigenvalue weighted by atomic mass is 10.1. The second kappa shape index (κ2) is 5.00. The minimum absolute atomic E-state index is 0.0472. The highest BCUT2D eigenvalue weighted by Crippen LogP contribution is 2.34. The zero-order valence-electron chi connectivity index (χ0n) is 11.4. The summed E-state index contributed by atoms with van der Waals surface area (Å²) in [6.07, 6.45) is 0. The van der Waals surface area contributed by atoms with Gasteiger partial charge in [0.15, 0.2) is 0 Å². The molecule has 1 unspecified atom stereocenters. The number of nitrogens with two attached hydrogens (primary N) is 1.